The molecular weight excluding hydrogens is 236 g/mol. The summed E-state index contributed by atoms with van der Waals surface area (Å²) in [6, 6.07) is 5.67. The highest BCUT2D eigenvalue weighted by molar-refractivity contribution is 7.22. The molecule has 1 amide bonds. The second-order valence-electron chi connectivity index (χ2n) is 4.00. The van der Waals surface area contributed by atoms with Crippen molar-refractivity contribution >= 4 is 38.3 Å². The first-order valence-electron chi connectivity index (χ1n) is 5.40. The number of nitrogens with two attached hydrogens (primary N) is 1. The van der Waals surface area contributed by atoms with Crippen LogP contribution in [0, 0.1) is 0 Å². The second kappa shape index (κ2) is 3.89. The SMILES string of the molecule is Nc1ccc2nc(N3CCNC(=O)C3)sc2c1. The van der Waals surface area contributed by atoms with Crippen molar-refractivity contribution in [3.63, 3.8) is 0 Å². The Hall–Kier alpha value is -1.82. The van der Waals surface area contributed by atoms with E-state index in [1.807, 2.05) is 23.1 Å². The zero-order valence-corrected chi connectivity index (χ0v) is 9.96. The minimum atomic E-state index is 0.0509. The third-order valence-electron chi connectivity index (χ3n) is 2.71. The largest absolute Gasteiger partial charge is 0.399 e. The van der Waals surface area contributed by atoms with Crippen LogP contribution in [0.3, 0.4) is 0 Å². The van der Waals surface area contributed by atoms with E-state index >= 15 is 0 Å². The average Bonchev–Trinajstić information content (AvgIpc) is 2.72. The van der Waals surface area contributed by atoms with Gasteiger partial charge in [0.25, 0.3) is 0 Å². The molecule has 0 radical (unpaired) electrons. The third kappa shape index (κ3) is 1.91. The molecule has 1 fully saturated rings. The quantitative estimate of drug-likeness (QED) is 0.733. The number of anilines is 2. The molecule has 5 nitrogen and oxygen atoms in total. The maximum Gasteiger partial charge on any atom is 0.239 e. The van der Waals surface area contributed by atoms with Gasteiger partial charge in [-0.1, -0.05) is 11.3 Å². The van der Waals surface area contributed by atoms with Gasteiger partial charge in [-0.3, -0.25) is 4.79 Å². The summed E-state index contributed by atoms with van der Waals surface area (Å²) in [5, 5.41) is 3.69. The number of hydrogen-bond donors (Lipinski definition) is 2. The molecule has 0 atom stereocenters. The molecule has 17 heavy (non-hydrogen) atoms. The molecule has 3 N–H and O–H groups in total. The molecule has 1 aliphatic rings. The van der Waals surface area contributed by atoms with Crippen LogP contribution < -0.4 is 16.0 Å². The van der Waals surface area contributed by atoms with Crippen LogP contribution in [-0.4, -0.2) is 30.5 Å². The number of aromatic nitrogens is 1. The Morgan fingerprint density at radius 1 is 1.47 bits per heavy atom. The Labute approximate surface area is 102 Å². The standard InChI is InChI=1S/C11H12N4OS/c12-7-1-2-8-9(5-7)17-11(14-8)15-4-3-13-10(16)6-15/h1-2,5H,3-4,6,12H2,(H,13,16). The Bertz CT molecular complexity index is 580. The predicted octanol–water partition coefficient (Wildman–Crippen LogP) is 0.815. The van der Waals surface area contributed by atoms with E-state index in [0.29, 0.717) is 13.1 Å². The number of nitrogens with zero attached hydrogens (tertiary/aromatic N) is 2. The Balaban J connectivity index is 1.97. The van der Waals surface area contributed by atoms with Crippen molar-refractivity contribution < 1.29 is 4.79 Å². The van der Waals surface area contributed by atoms with Crippen LogP contribution in [0.25, 0.3) is 10.2 Å². The first-order valence-corrected chi connectivity index (χ1v) is 6.22. The molecule has 3 rings (SSSR count). The van der Waals surface area contributed by atoms with Crippen LogP contribution in [0.15, 0.2) is 18.2 Å². The van der Waals surface area contributed by atoms with Gasteiger partial charge in [-0.25, -0.2) is 4.98 Å². The monoisotopic (exact) mass is 248 g/mol. The molecule has 6 heteroatoms. The summed E-state index contributed by atoms with van der Waals surface area (Å²) in [5.74, 6) is 0.0509. The van der Waals surface area contributed by atoms with E-state index in [1.165, 1.54) is 0 Å². The molecule has 0 aliphatic carbocycles. The van der Waals surface area contributed by atoms with Crippen LogP contribution in [0.5, 0.6) is 0 Å². The first kappa shape index (κ1) is 10.3. The van der Waals surface area contributed by atoms with Crippen LogP contribution in [-0.2, 0) is 4.79 Å². The molecule has 0 unspecified atom stereocenters. The summed E-state index contributed by atoms with van der Waals surface area (Å²) in [6.07, 6.45) is 0. The van der Waals surface area contributed by atoms with Gasteiger partial charge >= 0.3 is 0 Å². The highest BCUT2D eigenvalue weighted by Crippen LogP contribution is 2.30. The van der Waals surface area contributed by atoms with Crippen molar-refractivity contribution in [2.24, 2.45) is 0 Å². The number of nitrogen functional groups attached to an aromatic ring is 1. The van der Waals surface area contributed by atoms with Crippen molar-refractivity contribution in [1.82, 2.24) is 10.3 Å². The second-order valence-corrected chi connectivity index (χ2v) is 5.00. The molecule has 1 saturated heterocycles. The van der Waals surface area contributed by atoms with Gasteiger partial charge in [-0.2, -0.15) is 0 Å². The number of benzene rings is 1. The van der Waals surface area contributed by atoms with E-state index in [-0.39, 0.29) is 5.91 Å². The van der Waals surface area contributed by atoms with E-state index in [4.69, 9.17) is 5.73 Å². The maximum atomic E-state index is 11.3. The molecule has 0 saturated carbocycles. The summed E-state index contributed by atoms with van der Waals surface area (Å²) in [5.41, 5.74) is 7.41. The van der Waals surface area contributed by atoms with Gasteiger partial charge < -0.3 is 16.0 Å². The van der Waals surface area contributed by atoms with Gasteiger partial charge in [0.15, 0.2) is 5.13 Å². The zero-order valence-electron chi connectivity index (χ0n) is 9.14. The predicted molar refractivity (Wildman–Crippen MR) is 69.3 cm³/mol. The molecule has 1 aromatic heterocycles. The number of nitrogens with one attached hydrogen (secondary N) is 1. The summed E-state index contributed by atoms with van der Waals surface area (Å²) in [4.78, 5) is 17.8. The van der Waals surface area contributed by atoms with Gasteiger partial charge in [0, 0.05) is 18.8 Å². The van der Waals surface area contributed by atoms with Gasteiger partial charge in [-0.05, 0) is 18.2 Å². The number of thiazole rings is 1. The summed E-state index contributed by atoms with van der Waals surface area (Å²) in [7, 11) is 0. The lowest BCUT2D eigenvalue weighted by Gasteiger charge is -2.25. The fraction of sp³-hybridized carbons (Fsp3) is 0.273. The summed E-state index contributed by atoms with van der Waals surface area (Å²) in [6.45, 7) is 1.87. The van der Waals surface area contributed by atoms with Crippen LogP contribution >= 0.6 is 11.3 Å². The van der Waals surface area contributed by atoms with Crippen molar-refractivity contribution in [2.75, 3.05) is 30.3 Å². The fourth-order valence-corrected chi connectivity index (χ4v) is 2.91. The van der Waals surface area contributed by atoms with E-state index < -0.39 is 0 Å². The van der Waals surface area contributed by atoms with Gasteiger partial charge in [0.05, 0.1) is 16.8 Å². The molecule has 1 aromatic carbocycles. The minimum Gasteiger partial charge on any atom is -0.399 e. The smallest absolute Gasteiger partial charge is 0.239 e. The Morgan fingerprint density at radius 3 is 3.18 bits per heavy atom. The highest BCUT2D eigenvalue weighted by atomic mass is 32.1. The lowest BCUT2D eigenvalue weighted by atomic mass is 10.3. The number of piperazine rings is 1. The van der Waals surface area contributed by atoms with E-state index in [1.54, 1.807) is 11.3 Å². The van der Waals surface area contributed by atoms with Gasteiger partial charge in [0.2, 0.25) is 5.91 Å². The number of carbonyl (C=O) groups is 1. The maximum absolute atomic E-state index is 11.3. The topological polar surface area (TPSA) is 71.2 Å². The minimum absolute atomic E-state index is 0.0509. The number of carbonyl (C=O) groups excluding carboxylic acids is 1. The number of fused-ring (bicyclic) bond motifs is 1. The number of hydrogen-bond acceptors (Lipinski definition) is 5. The van der Waals surface area contributed by atoms with Crippen molar-refractivity contribution in [3.05, 3.63) is 18.2 Å². The molecule has 2 heterocycles. The van der Waals surface area contributed by atoms with Crippen molar-refractivity contribution in [1.29, 1.82) is 0 Å². The molecule has 1 aliphatic heterocycles. The molecule has 2 aromatic rings. The molecule has 0 spiro atoms. The van der Waals surface area contributed by atoms with Crippen molar-refractivity contribution in [3.8, 4) is 0 Å². The summed E-state index contributed by atoms with van der Waals surface area (Å²) >= 11 is 1.57. The van der Waals surface area contributed by atoms with Crippen LogP contribution in [0.2, 0.25) is 0 Å². The lowest BCUT2D eigenvalue weighted by molar-refractivity contribution is -0.120. The number of rotatable bonds is 1. The molecule has 0 bridgehead atoms. The third-order valence-corrected chi connectivity index (χ3v) is 3.79. The highest BCUT2D eigenvalue weighted by Gasteiger charge is 2.19. The van der Waals surface area contributed by atoms with E-state index in [9.17, 15) is 4.79 Å². The molecule has 88 valence electrons. The number of amides is 1. The lowest BCUT2D eigenvalue weighted by Crippen LogP contribution is -2.47. The fourth-order valence-electron chi connectivity index (χ4n) is 1.87. The average molecular weight is 248 g/mol. The normalized spacial score (nSPS) is 16.2. The van der Waals surface area contributed by atoms with E-state index in [2.05, 4.69) is 10.3 Å². The van der Waals surface area contributed by atoms with Crippen LogP contribution in [0.1, 0.15) is 0 Å². The summed E-state index contributed by atoms with van der Waals surface area (Å²) < 4.78 is 1.06. The van der Waals surface area contributed by atoms with Crippen LogP contribution in [0.4, 0.5) is 10.8 Å². The zero-order chi connectivity index (χ0) is 11.8. The van der Waals surface area contributed by atoms with E-state index in [0.717, 1.165) is 27.6 Å². The first-order chi connectivity index (χ1) is 8.22. The van der Waals surface area contributed by atoms with Gasteiger partial charge in [0.1, 0.15) is 0 Å². The Kier molecular flexibility index (Phi) is 2.36. The molecular formula is C11H12N4OS. The Morgan fingerprint density at radius 2 is 2.35 bits per heavy atom. The van der Waals surface area contributed by atoms with Gasteiger partial charge in [-0.15, -0.1) is 0 Å². The van der Waals surface area contributed by atoms with Crippen molar-refractivity contribution in [2.45, 2.75) is 0 Å².